The van der Waals surface area contributed by atoms with E-state index in [2.05, 4.69) is 29.4 Å². The van der Waals surface area contributed by atoms with E-state index in [1.54, 1.807) is 18.3 Å². The molecule has 1 aromatic carbocycles. The first-order valence-electron chi connectivity index (χ1n) is 10.3. The quantitative estimate of drug-likeness (QED) is 0.429. The van der Waals surface area contributed by atoms with E-state index in [1.807, 2.05) is 52.5 Å². The molecule has 31 heavy (non-hydrogen) atoms. The fraction of sp³-hybridized carbons (Fsp3) is 0.304. The number of carbonyl (C=O) groups is 1. The molecule has 0 radical (unpaired) electrons. The Balaban J connectivity index is 1.62. The summed E-state index contributed by atoms with van der Waals surface area (Å²) in [5, 5.41) is 17.7. The van der Waals surface area contributed by atoms with Gasteiger partial charge in [-0.3, -0.25) is 4.79 Å². The van der Waals surface area contributed by atoms with Gasteiger partial charge in [-0.2, -0.15) is 5.10 Å². The number of amides is 1. The SMILES string of the molecule is Cc1nnc(-c2cc(CCC(C)C)n(-c3cccc(C(=O)NCc4cccs4)c3)n2)o1. The molecular formula is C23H25N5O2S. The van der Waals surface area contributed by atoms with Crippen LogP contribution in [0.2, 0.25) is 0 Å². The lowest BCUT2D eigenvalue weighted by Gasteiger charge is -2.10. The van der Waals surface area contributed by atoms with Gasteiger partial charge in [0.15, 0.2) is 0 Å². The third kappa shape index (κ3) is 5.08. The van der Waals surface area contributed by atoms with Crippen molar-refractivity contribution in [2.75, 3.05) is 0 Å². The van der Waals surface area contributed by atoms with Crippen LogP contribution in [0.15, 0.2) is 52.3 Å². The summed E-state index contributed by atoms with van der Waals surface area (Å²) in [5.74, 6) is 1.34. The monoisotopic (exact) mass is 435 g/mol. The van der Waals surface area contributed by atoms with Crippen molar-refractivity contribution >= 4 is 17.2 Å². The Morgan fingerprint density at radius 2 is 2.06 bits per heavy atom. The number of aryl methyl sites for hydroxylation is 2. The van der Waals surface area contributed by atoms with Crippen LogP contribution < -0.4 is 5.32 Å². The summed E-state index contributed by atoms with van der Waals surface area (Å²) in [6.07, 6.45) is 1.88. The number of hydrogen-bond acceptors (Lipinski definition) is 6. The summed E-state index contributed by atoms with van der Waals surface area (Å²) in [7, 11) is 0. The van der Waals surface area contributed by atoms with Crippen molar-refractivity contribution in [3.63, 3.8) is 0 Å². The predicted molar refractivity (Wildman–Crippen MR) is 120 cm³/mol. The van der Waals surface area contributed by atoms with Crippen molar-refractivity contribution in [2.45, 2.75) is 40.2 Å². The van der Waals surface area contributed by atoms with Gasteiger partial charge in [-0.05, 0) is 54.5 Å². The number of thiophene rings is 1. The molecule has 3 heterocycles. The highest BCUT2D eigenvalue weighted by molar-refractivity contribution is 7.09. The van der Waals surface area contributed by atoms with Gasteiger partial charge in [0.05, 0.1) is 12.2 Å². The van der Waals surface area contributed by atoms with Gasteiger partial charge in [0, 0.05) is 23.1 Å². The molecular weight excluding hydrogens is 410 g/mol. The Labute approximate surface area is 185 Å². The van der Waals surface area contributed by atoms with Crippen molar-refractivity contribution in [2.24, 2.45) is 5.92 Å². The van der Waals surface area contributed by atoms with Crippen molar-refractivity contribution < 1.29 is 9.21 Å². The van der Waals surface area contributed by atoms with Crippen LogP contribution in [0, 0.1) is 12.8 Å². The van der Waals surface area contributed by atoms with Gasteiger partial charge in [-0.15, -0.1) is 21.5 Å². The van der Waals surface area contributed by atoms with Gasteiger partial charge < -0.3 is 9.73 Å². The third-order valence-electron chi connectivity index (χ3n) is 4.86. The number of nitrogens with zero attached hydrogens (tertiary/aromatic N) is 4. The normalized spacial score (nSPS) is 11.2. The van der Waals surface area contributed by atoms with Gasteiger partial charge in [0.1, 0.15) is 5.69 Å². The highest BCUT2D eigenvalue weighted by Crippen LogP contribution is 2.23. The Morgan fingerprint density at radius 1 is 1.19 bits per heavy atom. The molecule has 0 aliphatic heterocycles. The first-order valence-corrected chi connectivity index (χ1v) is 11.2. The van der Waals surface area contributed by atoms with Crippen LogP contribution in [0.5, 0.6) is 0 Å². The molecule has 1 N–H and O–H groups in total. The van der Waals surface area contributed by atoms with E-state index in [4.69, 9.17) is 9.52 Å². The first-order chi connectivity index (χ1) is 15.0. The summed E-state index contributed by atoms with van der Waals surface area (Å²) in [4.78, 5) is 13.8. The van der Waals surface area contributed by atoms with Crippen LogP contribution >= 0.6 is 11.3 Å². The maximum absolute atomic E-state index is 12.7. The van der Waals surface area contributed by atoms with Gasteiger partial charge in [0.2, 0.25) is 5.89 Å². The highest BCUT2D eigenvalue weighted by Gasteiger charge is 2.17. The van der Waals surface area contributed by atoms with Crippen molar-refractivity contribution in [1.82, 2.24) is 25.3 Å². The fourth-order valence-corrected chi connectivity index (χ4v) is 3.87. The number of benzene rings is 1. The minimum absolute atomic E-state index is 0.112. The second-order valence-electron chi connectivity index (χ2n) is 7.80. The molecule has 0 saturated heterocycles. The van der Waals surface area contributed by atoms with Crippen LogP contribution in [0.3, 0.4) is 0 Å². The van der Waals surface area contributed by atoms with Crippen molar-refractivity contribution in [3.05, 3.63) is 69.9 Å². The third-order valence-corrected chi connectivity index (χ3v) is 5.74. The summed E-state index contributed by atoms with van der Waals surface area (Å²) < 4.78 is 7.44. The van der Waals surface area contributed by atoms with Crippen molar-refractivity contribution in [1.29, 1.82) is 0 Å². The molecule has 0 atom stereocenters. The number of hydrogen-bond donors (Lipinski definition) is 1. The average Bonchev–Trinajstić information content (AvgIpc) is 3.51. The molecule has 0 fully saturated rings. The molecule has 0 aliphatic rings. The van der Waals surface area contributed by atoms with E-state index in [0.29, 0.717) is 35.5 Å². The molecule has 8 heteroatoms. The molecule has 0 unspecified atom stereocenters. The van der Waals surface area contributed by atoms with Crippen LogP contribution in [0.1, 0.15) is 47.1 Å². The lowest BCUT2D eigenvalue weighted by molar-refractivity contribution is 0.0951. The summed E-state index contributed by atoms with van der Waals surface area (Å²) in [5.41, 5.74) is 3.09. The van der Waals surface area contributed by atoms with E-state index in [9.17, 15) is 4.79 Å². The van der Waals surface area contributed by atoms with Crippen LogP contribution in [0.25, 0.3) is 17.3 Å². The number of nitrogens with one attached hydrogen (secondary N) is 1. The Hall–Kier alpha value is -3.26. The first kappa shape index (κ1) is 21.0. The van der Waals surface area contributed by atoms with E-state index < -0.39 is 0 Å². The second kappa shape index (κ2) is 9.26. The molecule has 1 amide bonds. The lowest BCUT2D eigenvalue weighted by atomic mass is 10.1. The molecule has 4 aromatic rings. The zero-order valence-corrected chi connectivity index (χ0v) is 18.6. The Bertz CT molecular complexity index is 1160. The topological polar surface area (TPSA) is 85.8 Å². The zero-order valence-electron chi connectivity index (χ0n) is 17.8. The van der Waals surface area contributed by atoms with E-state index in [0.717, 1.165) is 29.1 Å². The Kier molecular flexibility index (Phi) is 6.27. The molecule has 0 saturated carbocycles. The van der Waals surface area contributed by atoms with E-state index in [1.165, 1.54) is 0 Å². The highest BCUT2D eigenvalue weighted by atomic mass is 32.1. The molecule has 3 aromatic heterocycles. The minimum Gasteiger partial charge on any atom is -0.420 e. The van der Waals surface area contributed by atoms with Gasteiger partial charge in [-0.1, -0.05) is 26.0 Å². The van der Waals surface area contributed by atoms with Crippen LogP contribution in [-0.2, 0) is 13.0 Å². The second-order valence-corrected chi connectivity index (χ2v) is 8.84. The zero-order chi connectivity index (χ0) is 21.8. The molecule has 7 nitrogen and oxygen atoms in total. The number of aromatic nitrogens is 4. The fourth-order valence-electron chi connectivity index (χ4n) is 3.22. The minimum atomic E-state index is -0.112. The number of carbonyl (C=O) groups excluding carboxylic acids is 1. The molecule has 0 bridgehead atoms. The maximum Gasteiger partial charge on any atom is 0.268 e. The maximum atomic E-state index is 12.7. The average molecular weight is 436 g/mol. The molecule has 160 valence electrons. The van der Waals surface area contributed by atoms with Crippen LogP contribution in [-0.4, -0.2) is 25.9 Å². The summed E-state index contributed by atoms with van der Waals surface area (Å²) in [6, 6.07) is 13.5. The summed E-state index contributed by atoms with van der Waals surface area (Å²) >= 11 is 1.62. The summed E-state index contributed by atoms with van der Waals surface area (Å²) in [6.45, 7) is 6.66. The van der Waals surface area contributed by atoms with Gasteiger partial charge >= 0.3 is 0 Å². The standard InChI is InChI=1S/C23H25N5O2S/c1-15(2)9-10-19-13-21(23-26-25-16(3)30-23)27-28(19)18-7-4-6-17(12-18)22(29)24-14-20-8-5-11-31-20/h4-8,11-13,15H,9-10,14H2,1-3H3,(H,24,29). The molecule has 0 spiro atoms. The molecule has 0 aliphatic carbocycles. The Morgan fingerprint density at radius 3 is 2.77 bits per heavy atom. The lowest BCUT2D eigenvalue weighted by Crippen LogP contribution is -2.22. The van der Waals surface area contributed by atoms with E-state index >= 15 is 0 Å². The van der Waals surface area contributed by atoms with Gasteiger partial charge in [-0.25, -0.2) is 4.68 Å². The predicted octanol–water partition coefficient (Wildman–Crippen LogP) is 4.81. The smallest absolute Gasteiger partial charge is 0.268 e. The van der Waals surface area contributed by atoms with Crippen LogP contribution in [0.4, 0.5) is 0 Å². The molecule has 4 rings (SSSR count). The largest absolute Gasteiger partial charge is 0.420 e. The van der Waals surface area contributed by atoms with E-state index in [-0.39, 0.29) is 5.91 Å². The van der Waals surface area contributed by atoms with Gasteiger partial charge in [0.25, 0.3) is 11.8 Å². The number of rotatable bonds is 8. The van der Waals surface area contributed by atoms with Crippen molar-refractivity contribution in [3.8, 4) is 17.3 Å².